The Morgan fingerprint density at radius 1 is 0.976 bits per heavy atom. The summed E-state index contributed by atoms with van der Waals surface area (Å²) < 4.78 is 18.8. The van der Waals surface area contributed by atoms with Crippen molar-refractivity contribution >= 4 is 18.7 Å². The van der Waals surface area contributed by atoms with Crippen molar-refractivity contribution in [1.82, 2.24) is 0 Å². The fourth-order valence-electron chi connectivity index (χ4n) is 7.21. The molecule has 0 aliphatic heterocycles. The molecule has 5 atom stereocenters. The first-order valence-corrected chi connectivity index (χ1v) is 17.8. The highest BCUT2D eigenvalue weighted by Crippen LogP contribution is 2.45. The Morgan fingerprint density at radius 3 is 2.05 bits per heavy atom. The van der Waals surface area contributed by atoms with Crippen LogP contribution in [-0.4, -0.2) is 34.4 Å². The fourth-order valence-corrected chi connectivity index (χ4v) is 11.9. The van der Waals surface area contributed by atoms with Gasteiger partial charge < -0.3 is 13.9 Å². The molecule has 3 nitrogen and oxygen atoms in total. The Bertz CT molecular complexity index is 1080. The average Bonchev–Trinajstić information content (AvgIpc) is 2.97. The highest BCUT2D eigenvalue weighted by atomic mass is 28.4. The first-order chi connectivity index (χ1) is 20.1. The number of rotatable bonds is 16. The van der Waals surface area contributed by atoms with Crippen molar-refractivity contribution < 1.29 is 13.9 Å². The molecule has 0 fully saturated rings. The number of hydrogen-bond acceptors (Lipinski definition) is 3. The van der Waals surface area contributed by atoms with Crippen molar-refractivity contribution in [2.45, 2.75) is 90.9 Å². The summed E-state index contributed by atoms with van der Waals surface area (Å²) in [7, 11) is -1.02. The molecule has 3 rings (SSSR count). The second kappa shape index (κ2) is 16.0. The summed E-state index contributed by atoms with van der Waals surface area (Å²) in [6.45, 7) is 22.7. The van der Waals surface area contributed by atoms with E-state index in [-0.39, 0.29) is 17.2 Å². The van der Waals surface area contributed by atoms with Crippen LogP contribution in [0.5, 0.6) is 0 Å². The number of allylic oxidation sites excluding steroid dienone is 2. The maximum Gasteiger partial charge on any atom is 0.261 e. The van der Waals surface area contributed by atoms with E-state index in [0.717, 1.165) is 32.1 Å². The van der Waals surface area contributed by atoms with E-state index < -0.39 is 8.32 Å². The summed E-state index contributed by atoms with van der Waals surface area (Å²) in [5.74, 6) is 2.24. The lowest BCUT2D eigenvalue weighted by Gasteiger charge is -2.47. The van der Waals surface area contributed by atoms with E-state index in [9.17, 15) is 0 Å². The third kappa shape index (κ3) is 8.22. The molecule has 42 heavy (non-hydrogen) atoms. The zero-order chi connectivity index (χ0) is 30.8. The predicted molar refractivity (Wildman–Crippen MR) is 182 cm³/mol. The monoisotopic (exact) mass is 588 g/mol. The molecule has 0 aromatic heterocycles. The number of methoxy groups -OCH3 is 1. The van der Waals surface area contributed by atoms with Gasteiger partial charge in [0.05, 0.1) is 6.10 Å². The lowest BCUT2D eigenvalue weighted by Crippen LogP contribution is -2.67. The summed E-state index contributed by atoms with van der Waals surface area (Å²) >= 11 is 0. The van der Waals surface area contributed by atoms with Crippen molar-refractivity contribution in [3.63, 3.8) is 0 Å². The molecule has 4 heteroatoms. The molecular formula is C38H56O3Si. The third-order valence-corrected chi connectivity index (χ3v) is 14.5. The van der Waals surface area contributed by atoms with Gasteiger partial charge in [-0.3, -0.25) is 0 Å². The SMILES string of the molecule is C=CC[C@H](C[C@H]1C(C)=CC[C@H](C(C)C)[C@H]1CC[C@H](C=C)OCOC)O[Si](c1ccccc1)(c1ccccc1)C(C)(C)C. The van der Waals surface area contributed by atoms with Crippen LogP contribution in [0.25, 0.3) is 0 Å². The van der Waals surface area contributed by atoms with Gasteiger partial charge in [-0.25, -0.2) is 0 Å². The van der Waals surface area contributed by atoms with Gasteiger partial charge >= 0.3 is 0 Å². The molecule has 1 aliphatic carbocycles. The van der Waals surface area contributed by atoms with Gasteiger partial charge in [-0.2, -0.15) is 0 Å². The molecule has 0 spiro atoms. The predicted octanol–water partition coefficient (Wildman–Crippen LogP) is 8.71. The quantitative estimate of drug-likeness (QED) is 0.112. The molecule has 230 valence electrons. The minimum atomic E-state index is -2.69. The maximum atomic E-state index is 7.69. The zero-order valence-electron chi connectivity index (χ0n) is 27.4. The van der Waals surface area contributed by atoms with Gasteiger partial charge in [0.2, 0.25) is 0 Å². The second-order valence-electron chi connectivity index (χ2n) is 13.4. The Kier molecular flexibility index (Phi) is 13.1. The Hall–Kier alpha value is -2.24. The van der Waals surface area contributed by atoms with E-state index >= 15 is 0 Å². The maximum absolute atomic E-state index is 7.69. The lowest BCUT2D eigenvalue weighted by molar-refractivity contribution is -0.0604. The number of hydrogen-bond donors (Lipinski definition) is 0. The molecule has 0 radical (unpaired) electrons. The molecule has 2 aromatic rings. The largest absolute Gasteiger partial charge is 0.404 e. The highest BCUT2D eigenvalue weighted by Gasteiger charge is 2.51. The summed E-state index contributed by atoms with van der Waals surface area (Å²) in [6, 6.07) is 22.0. The van der Waals surface area contributed by atoms with Gasteiger partial charge in [-0.15, -0.1) is 13.2 Å². The van der Waals surface area contributed by atoms with Crippen LogP contribution < -0.4 is 10.4 Å². The normalized spacial score (nSPS) is 21.0. The van der Waals surface area contributed by atoms with Gasteiger partial charge in [0, 0.05) is 13.2 Å². The molecule has 0 saturated carbocycles. The molecular weight excluding hydrogens is 533 g/mol. The second-order valence-corrected chi connectivity index (χ2v) is 17.7. The molecule has 0 N–H and O–H groups in total. The van der Waals surface area contributed by atoms with Crippen molar-refractivity contribution in [2.75, 3.05) is 13.9 Å². The minimum Gasteiger partial charge on any atom is -0.404 e. The third-order valence-electron chi connectivity index (χ3n) is 9.37. The topological polar surface area (TPSA) is 27.7 Å². The van der Waals surface area contributed by atoms with E-state index in [1.165, 1.54) is 15.9 Å². The molecule has 0 saturated heterocycles. The van der Waals surface area contributed by atoms with Gasteiger partial charge in [-0.05, 0) is 78.1 Å². The Labute approximate surface area is 258 Å². The van der Waals surface area contributed by atoms with Crippen LogP contribution in [0.2, 0.25) is 5.04 Å². The van der Waals surface area contributed by atoms with E-state index in [0.29, 0.717) is 30.5 Å². The molecule has 1 aliphatic rings. The fraction of sp³-hybridized carbons (Fsp3) is 0.526. The van der Waals surface area contributed by atoms with Gasteiger partial charge in [0.25, 0.3) is 8.32 Å². The zero-order valence-corrected chi connectivity index (χ0v) is 28.4. The molecule has 2 aromatic carbocycles. The van der Waals surface area contributed by atoms with Crippen molar-refractivity contribution in [3.8, 4) is 0 Å². The van der Waals surface area contributed by atoms with Crippen LogP contribution in [0.1, 0.15) is 73.6 Å². The number of ether oxygens (including phenoxy) is 2. The van der Waals surface area contributed by atoms with Gasteiger partial charge in [-0.1, -0.05) is 119 Å². The van der Waals surface area contributed by atoms with Crippen molar-refractivity contribution in [3.05, 3.63) is 97.6 Å². The van der Waals surface area contributed by atoms with E-state index in [2.05, 4.69) is 128 Å². The summed E-state index contributed by atoms with van der Waals surface area (Å²) in [5.41, 5.74) is 1.50. The molecule has 0 bridgehead atoms. The van der Waals surface area contributed by atoms with E-state index in [1.54, 1.807) is 7.11 Å². The van der Waals surface area contributed by atoms with Crippen LogP contribution in [0.4, 0.5) is 0 Å². The minimum absolute atomic E-state index is 0.00181. The molecule has 0 unspecified atom stereocenters. The Morgan fingerprint density at radius 2 is 1.57 bits per heavy atom. The van der Waals surface area contributed by atoms with Crippen LogP contribution in [0.15, 0.2) is 97.6 Å². The van der Waals surface area contributed by atoms with Gasteiger partial charge in [0.1, 0.15) is 6.79 Å². The first-order valence-electron chi connectivity index (χ1n) is 15.9. The number of benzene rings is 2. The standard InChI is InChI=1S/C38H56O3Si/c1-10-18-32(41-42(38(6,7)8,33-19-14-12-15-20-33)34-21-16-13-17-22-34)27-37-30(5)23-25-35(29(3)4)36(37)26-24-31(11-2)40-28-39-9/h10-17,19-23,29,31-32,35-37H,1-2,18,24-28H2,3-9H3/t31-,32+,35+,36+,37-/m0/s1. The summed E-state index contributed by atoms with van der Waals surface area (Å²) in [6.07, 6.45) is 11.6. The average molecular weight is 589 g/mol. The molecule has 0 heterocycles. The molecule has 0 amide bonds. The Balaban J connectivity index is 2.03. The van der Waals surface area contributed by atoms with Crippen LogP contribution >= 0.6 is 0 Å². The van der Waals surface area contributed by atoms with Gasteiger partial charge in [0.15, 0.2) is 0 Å². The first kappa shape index (κ1) is 34.2. The van der Waals surface area contributed by atoms with Crippen molar-refractivity contribution in [2.24, 2.45) is 23.7 Å². The lowest BCUT2D eigenvalue weighted by atomic mass is 9.65. The van der Waals surface area contributed by atoms with Crippen LogP contribution in [-0.2, 0) is 13.9 Å². The highest BCUT2D eigenvalue weighted by molar-refractivity contribution is 6.99. The van der Waals surface area contributed by atoms with Crippen LogP contribution in [0, 0.1) is 23.7 Å². The van der Waals surface area contributed by atoms with E-state index in [1.807, 2.05) is 6.08 Å². The van der Waals surface area contributed by atoms with Crippen LogP contribution in [0.3, 0.4) is 0 Å². The smallest absolute Gasteiger partial charge is 0.261 e. The van der Waals surface area contributed by atoms with Crippen molar-refractivity contribution in [1.29, 1.82) is 0 Å². The summed E-state index contributed by atoms with van der Waals surface area (Å²) in [5, 5.41) is 2.59. The van der Waals surface area contributed by atoms with E-state index in [4.69, 9.17) is 13.9 Å². The summed E-state index contributed by atoms with van der Waals surface area (Å²) in [4.78, 5) is 0.